The van der Waals surface area contributed by atoms with E-state index in [4.69, 9.17) is 0 Å². The fraction of sp³-hybridized carbons (Fsp3) is 0.0800. The highest BCUT2D eigenvalue weighted by atomic mass is 19.2. The molecule has 3 aromatic carbocycles. The van der Waals surface area contributed by atoms with Crippen molar-refractivity contribution >= 4 is 34.7 Å². The predicted molar refractivity (Wildman–Crippen MR) is 125 cm³/mol. The number of nitrogens with zero attached hydrogens (tertiary/aromatic N) is 2. The molecule has 0 fully saturated rings. The van der Waals surface area contributed by atoms with Crippen molar-refractivity contribution in [3.05, 3.63) is 101 Å². The molecule has 166 valence electrons. The van der Waals surface area contributed by atoms with Gasteiger partial charge in [0.2, 0.25) is 5.95 Å². The summed E-state index contributed by atoms with van der Waals surface area (Å²) < 4.78 is 26.4. The second kappa shape index (κ2) is 9.44. The number of rotatable bonds is 6. The van der Waals surface area contributed by atoms with Gasteiger partial charge >= 0.3 is 0 Å². The third kappa shape index (κ3) is 5.68. The third-order valence-corrected chi connectivity index (χ3v) is 4.76. The van der Waals surface area contributed by atoms with Crippen LogP contribution in [0.25, 0.3) is 0 Å². The molecule has 0 aliphatic rings. The number of halogens is 2. The summed E-state index contributed by atoms with van der Waals surface area (Å²) in [5.74, 6) is -1.54. The topological polar surface area (TPSA) is 78.9 Å². The molecule has 33 heavy (non-hydrogen) atoms. The van der Waals surface area contributed by atoms with Gasteiger partial charge in [0.05, 0.1) is 0 Å². The maximum atomic E-state index is 13.4. The lowest BCUT2D eigenvalue weighted by atomic mass is 10.2. The molecule has 4 rings (SSSR count). The van der Waals surface area contributed by atoms with Crippen LogP contribution in [0.1, 0.15) is 21.6 Å². The van der Waals surface area contributed by atoms with E-state index >= 15 is 0 Å². The number of aryl methyl sites for hydroxylation is 2. The molecule has 8 heteroatoms. The summed E-state index contributed by atoms with van der Waals surface area (Å²) in [5, 5.41) is 9.05. The number of amides is 1. The minimum atomic E-state index is -1.07. The first-order chi connectivity index (χ1) is 15.9. The number of carbonyl (C=O) groups excluding carboxylic acids is 1. The quantitative estimate of drug-likeness (QED) is 0.334. The molecule has 0 bridgehead atoms. The smallest absolute Gasteiger partial charge is 0.255 e. The Labute approximate surface area is 189 Å². The molecule has 0 saturated carbocycles. The van der Waals surface area contributed by atoms with Crippen LogP contribution in [0, 0.1) is 25.5 Å². The molecule has 0 radical (unpaired) electrons. The summed E-state index contributed by atoms with van der Waals surface area (Å²) in [6, 6.07) is 19.7. The van der Waals surface area contributed by atoms with E-state index in [0.29, 0.717) is 23.1 Å². The highest BCUT2D eigenvalue weighted by Crippen LogP contribution is 2.21. The molecule has 3 N–H and O–H groups in total. The molecule has 0 aliphatic carbocycles. The summed E-state index contributed by atoms with van der Waals surface area (Å²) >= 11 is 0. The Kier molecular flexibility index (Phi) is 6.26. The van der Waals surface area contributed by atoms with Gasteiger partial charge in [0.1, 0.15) is 5.82 Å². The van der Waals surface area contributed by atoms with E-state index in [1.165, 1.54) is 11.6 Å². The van der Waals surface area contributed by atoms with Crippen LogP contribution in [-0.2, 0) is 0 Å². The molecule has 0 atom stereocenters. The maximum Gasteiger partial charge on any atom is 0.255 e. The highest BCUT2D eigenvalue weighted by Gasteiger charge is 2.10. The van der Waals surface area contributed by atoms with Gasteiger partial charge < -0.3 is 16.0 Å². The van der Waals surface area contributed by atoms with E-state index < -0.39 is 17.5 Å². The number of hydrogen-bond acceptors (Lipinski definition) is 5. The average Bonchev–Trinajstić information content (AvgIpc) is 2.78. The SMILES string of the molecule is Cc1ccc(Nc2cc(C)nc(Nc3ccc(NC(=O)c4ccc(F)c(F)c4)cc3)n2)cc1. The molecule has 0 saturated heterocycles. The van der Waals surface area contributed by atoms with Gasteiger partial charge in [0.15, 0.2) is 11.6 Å². The normalized spacial score (nSPS) is 10.5. The minimum absolute atomic E-state index is 0.0258. The molecule has 0 spiro atoms. The molecule has 1 amide bonds. The number of benzene rings is 3. The van der Waals surface area contributed by atoms with Crippen molar-refractivity contribution < 1.29 is 13.6 Å². The largest absolute Gasteiger partial charge is 0.340 e. The zero-order chi connectivity index (χ0) is 23.4. The van der Waals surface area contributed by atoms with Crippen LogP contribution in [0.2, 0.25) is 0 Å². The Morgan fingerprint density at radius 3 is 2.06 bits per heavy atom. The zero-order valence-corrected chi connectivity index (χ0v) is 18.0. The summed E-state index contributed by atoms with van der Waals surface area (Å²) in [4.78, 5) is 21.2. The van der Waals surface area contributed by atoms with E-state index in [1.54, 1.807) is 24.3 Å². The first-order valence-electron chi connectivity index (χ1n) is 10.2. The van der Waals surface area contributed by atoms with Gasteiger partial charge in [0.25, 0.3) is 5.91 Å². The van der Waals surface area contributed by atoms with Crippen LogP contribution >= 0.6 is 0 Å². The monoisotopic (exact) mass is 445 g/mol. The summed E-state index contributed by atoms with van der Waals surface area (Å²) in [7, 11) is 0. The predicted octanol–water partition coefficient (Wildman–Crippen LogP) is 6.11. The van der Waals surface area contributed by atoms with Crippen LogP contribution in [0.5, 0.6) is 0 Å². The van der Waals surface area contributed by atoms with E-state index in [1.807, 2.05) is 44.2 Å². The van der Waals surface area contributed by atoms with Crippen molar-refractivity contribution in [3.63, 3.8) is 0 Å². The Balaban J connectivity index is 1.43. The fourth-order valence-electron chi connectivity index (χ4n) is 3.08. The maximum absolute atomic E-state index is 13.4. The van der Waals surface area contributed by atoms with Gasteiger partial charge in [-0.2, -0.15) is 4.98 Å². The molecular weight excluding hydrogens is 424 g/mol. The number of carbonyl (C=O) groups is 1. The Morgan fingerprint density at radius 2 is 1.36 bits per heavy atom. The second-order valence-electron chi connectivity index (χ2n) is 7.49. The zero-order valence-electron chi connectivity index (χ0n) is 18.0. The number of aromatic nitrogens is 2. The van der Waals surface area contributed by atoms with E-state index in [2.05, 4.69) is 25.9 Å². The van der Waals surface area contributed by atoms with E-state index in [0.717, 1.165) is 23.5 Å². The van der Waals surface area contributed by atoms with Crippen molar-refractivity contribution in [1.29, 1.82) is 0 Å². The van der Waals surface area contributed by atoms with Crippen molar-refractivity contribution in [1.82, 2.24) is 9.97 Å². The van der Waals surface area contributed by atoms with E-state index in [-0.39, 0.29) is 5.56 Å². The van der Waals surface area contributed by atoms with Crippen LogP contribution in [0.15, 0.2) is 72.8 Å². The second-order valence-corrected chi connectivity index (χ2v) is 7.49. The summed E-state index contributed by atoms with van der Waals surface area (Å²) in [6.45, 7) is 3.91. The average molecular weight is 445 g/mol. The lowest BCUT2D eigenvalue weighted by molar-refractivity contribution is 0.102. The minimum Gasteiger partial charge on any atom is -0.340 e. The van der Waals surface area contributed by atoms with Gasteiger partial charge in [-0.15, -0.1) is 0 Å². The van der Waals surface area contributed by atoms with Crippen LogP contribution < -0.4 is 16.0 Å². The number of nitrogens with one attached hydrogen (secondary N) is 3. The molecule has 0 aliphatic heterocycles. The summed E-state index contributed by atoms with van der Waals surface area (Å²) in [5.41, 5.74) is 4.13. The van der Waals surface area contributed by atoms with Gasteiger partial charge in [-0.1, -0.05) is 17.7 Å². The number of anilines is 5. The Morgan fingerprint density at radius 1 is 0.727 bits per heavy atom. The molecule has 6 nitrogen and oxygen atoms in total. The summed E-state index contributed by atoms with van der Waals surface area (Å²) in [6.07, 6.45) is 0. The van der Waals surface area contributed by atoms with Crippen LogP contribution in [0.3, 0.4) is 0 Å². The van der Waals surface area contributed by atoms with Crippen LogP contribution in [-0.4, -0.2) is 15.9 Å². The molecule has 4 aromatic rings. The number of hydrogen-bond donors (Lipinski definition) is 3. The van der Waals surface area contributed by atoms with Crippen molar-refractivity contribution in [3.8, 4) is 0 Å². The standard InChI is InChI=1S/C25H21F2N5O/c1-15-3-6-18(7-4-15)29-23-13-16(2)28-25(32-23)31-20-10-8-19(9-11-20)30-24(33)17-5-12-21(26)22(27)14-17/h3-14H,1-2H3,(H,30,33)(H2,28,29,31,32). The van der Waals surface area contributed by atoms with Crippen LogP contribution in [0.4, 0.5) is 37.6 Å². The third-order valence-electron chi connectivity index (χ3n) is 4.76. The Bertz CT molecular complexity index is 1290. The Hall–Kier alpha value is -4.33. The fourth-order valence-corrected chi connectivity index (χ4v) is 3.08. The lowest BCUT2D eigenvalue weighted by Gasteiger charge is -2.11. The van der Waals surface area contributed by atoms with Gasteiger partial charge in [0, 0.05) is 34.4 Å². The first-order valence-corrected chi connectivity index (χ1v) is 10.2. The molecule has 1 heterocycles. The van der Waals surface area contributed by atoms with Crippen molar-refractivity contribution in [2.75, 3.05) is 16.0 Å². The van der Waals surface area contributed by atoms with Gasteiger partial charge in [-0.25, -0.2) is 13.8 Å². The van der Waals surface area contributed by atoms with Gasteiger partial charge in [-0.05, 0) is 68.4 Å². The molecule has 0 unspecified atom stereocenters. The van der Waals surface area contributed by atoms with Crippen molar-refractivity contribution in [2.45, 2.75) is 13.8 Å². The molecule has 1 aromatic heterocycles. The first kappa shape index (κ1) is 21.9. The van der Waals surface area contributed by atoms with Gasteiger partial charge in [-0.3, -0.25) is 4.79 Å². The van der Waals surface area contributed by atoms with Crippen molar-refractivity contribution in [2.24, 2.45) is 0 Å². The highest BCUT2D eigenvalue weighted by molar-refractivity contribution is 6.04. The lowest BCUT2D eigenvalue weighted by Crippen LogP contribution is -2.12. The molecular formula is C25H21F2N5O. The van der Waals surface area contributed by atoms with E-state index in [9.17, 15) is 13.6 Å².